The molecule has 128 valence electrons. The molecule has 5 heteroatoms. The lowest BCUT2D eigenvalue weighted by atomic mass is 10.1. The molecular weight excluding hydrogens is 334 g/mol. The Kier molecular flexibility index (Phi) is 4.45. The molecule has 2 heterocycles. The Bertz CT molecular complexity index is 915. The van der Waals surface area contributed by atoms with Crippen LogP contribution < -0.4 is 5.32 Å². The number of hydrogen-bond acceptors (Lipinski definition) is 2. The van der Waals surface area contributed by atoms with Gasteiger partial charge in [-0.25, -0.2) is 4.98 Å². The minimum absolute atomic E-state index is 0.0394. The highest BCUT2D eigenvalue weighted by molar-refractivity contribution is 6.30. The molecule has 25 heavy (non-hydrogen) atoms. The summed E-state index contributed by atoms with van der Waals surface area (Å²) in [5.74, 6) is 1.12. The molecule has 0 fully saturated rings. The van der Waals surface area contributed by atoms with Crippen molar-refractivity contribution < 1.29 is 4.79 Å². The van der Waals surface area contributed by atoms with E-state index in [-0.39, 0.29) is 5.91 Å². The van der Waals surface area contributed by atoms with Crippen LogP contribution in [0.25, 0.3) is 11.0 Å². The second-order valence-electron chi connectivity index (χ2n) is 6.55. The van der Waals surface area contributed by atoms with Gasteiger partial charge in [0.05, 0.1) is 17.5 Å². The predicted octanol–water partition coefficient (Wildman–Crippen LogP) is 4.60. The number of imidazole rings is 1. The Morgan fingerprint density at radius 2 is 1.96 bits per heavy atom. The van der Waals surface area contributed by atoms with Gasteiger partial charge in [-0.2, -0.15) is 0 Å². The number of halogens is 1. The van der Waals surface area contributed by atoms with E-state index >= 15 is 0 Å². The number of aromatic nitrogens is 2. The maximum atomic E-state index is 12.3. The fourth-order valence-corrected chi connectivity index (χ4v) is 3.55. The van der Waals surface area contributed by atoms with Gasteiger partial charge in [-0.1, -0.05) is 30.2 Å². The highest BCUT2D eigenvalue weighted by Gasteiger charge is 2.14. The van der Waals surface area contributed by atoms with Gasteiger partial charge in [-0.15, -0.1) is 0 Å². The van der Waals surface area contributed by atoms with Crippen LogP contribution in [0.4, 0.5) is 5.69 Å². The number of nitrogens with one attached hydrogen (secondary N) is 1. The summed E-state index contributed by atoms with van der Waals surface area (Å²) < 4.78 is 2.32. The summed E-state index contributed by atoms with van der Waals surface area (Å²) in [4.78, 5) is 17.0. The highest BCUT2D eigenvalue weighted by Crippen LogP contribution is 2.24. The van der Waals surface area contributed by atoms with Crippen LogP contribution in [0.15, 0.2) is 42.5 Å². The highest BCUT2D eigenvalue weighted by atomic mass is 35.5. The molecular formula is C20H20ClN3O. The third-order valence-corrected chi connectivity index (χ3v) is 4.92. The molecule has 0 saturated heterocycles. The van der Waals surface area contributed by atoms with Gasteiger partial charge < -0.3 is 9.88 Å². The zero-order chi connectivity index (χ0) is 17.2. The maximum Gasteiger partial charge on any atom is 0.228 e. The molecule has 0 bridgehead atoms. The number of aryl methyl sites for hydroxylation is 2. The van der Waals surface area contributed by atoms with Crippen LogP contribution in [-0.2, 0) is 24.2 Å². The Balaban J connectivity index is 1.51. The average Bonchev–Trinajstić information content (AvgIpc) is 2.77. The molecule has 1 aliphatic heterocycles. The molecule has 4 nitrogen and oxygen atoms in total. The Labute approximate surface area is 151 Å². The number of hydrogen-bond donors (Lipinski definition) is 1. The first-order valence-electron chi connectivity index (χ1n) is 8.72. The van der Waals surface area contributed by atoms with E-state index < -0.39 is 0 Å². The molecule has 1 N–H and O–H groups in total. The first kappa shape index (κ1) is 16.2. The summed E-state index contributed by atoms with van der Waals surface area (Å²) in [6, 6.07) is 13.3. The largest absolute Gasteiger partial charge is 0.328 e. The van der Waals surface area contributed by atoms with E-state index in [0.29, 0.717) is 11.4 Å². The van der Waals surface area contributed by atoms with Crippen molar-refractivity contribution in [1.82, 2.24) is 9.55 Å². The summed E-state index contributed by atoms with van der Waals surface area (Å²) in [6.07, 6.45) is 5.04. The van der Waals surface area contributed by atoms with Gasteiger partial charge >= 0.3 is 0 Å². The third-order valence-electron chi connectivity index (χ3n) is 4.67. The van der Waals surface area contributed by atoms with Crippen LogP contribution >= 0.6 is 11.6 Å². The van der Waals surface area contributed by atoms with Crippen LogP contribution in [0.2, 0.25) is 5.02 Å². The minimum Gasteiger partial charge on any atom is -0.328 e. The Hall–Kier alpha value is -2.33. The van der Waals surface area contributed by atoms with Crippen LogP contribution in [0.3, 0.4) is 0 Å². The molecule has 1 amide bonds. The smallest absolute Gasteiger partial charge is 0.228 e. The number of anilines is 1. The molecule has 3 aromatic rings. The van der Waals surface area contributed by atoms with E-state index in [1.165, 1.54) is 19.3 Å². The summed E-state index contributed by atoms with van der Waals surface area (Å²) in [5, 5.41) is 3.64. The van der Waals surface area contributed by atoms with Gasteiger partial charge in [0.15, 0.2) is 0 Å². The zero-order valence-corrected chi connectivity index (χ0v) is 14.7. The van der Waals surface area contributed by atoms with Crippen molar-refractivity contribution in [1.29, 1.82) is 0 Å². The summed E-state index contributed by atoms with van der Waals surface area (Å²) >= 11 is 5.88. The van der Waals surface area contributed by atoms with E-state index in [2.05, 4.69) is 16.0 Å². The Morgan fingerprint density at radius 3 is 2.80 bits per heavy atom. The molecule has 0 aliphatic carbocycles. The van der Waals surface area contributed by atoms with Crippen molar-refractivity contribution in [3.63, 3.8) is 0 Å². The monoisotopic (exact) mass is 353 g/mol. The Morgan fingerprint density at radius 1 is 1.12 bits per heavy atom. The molecule has 0 saturated carbocycles. The van der Waals surface area contributed by atoms with Gasteiger partial charge in [0.1, 0.15) is 5.82 Å². The van der Waals surface area contributed by atoms with Crippen LogP contribution in [-0.4, -0.2) is 15.5 Å². The number of rotatable bonds is 3. The second-order valence-corrected chi connectivity index (χ2v) is 6.98. The molecule has 1 aliphatic rings. The van der Waals surface area contributed by atoms with E-state index in [4.69, 9.17) is 16.6 Å². The van der Waals surface area contributed by atoms with Crippen LogP contribution in [0, 0.1) is 0 Å². The molecule has 2 aromatic carbocycles. The van der Waals surface area contributed by atoms with Crippen molar-refractivity contribution in [2.24, 2.45) is 0 Å². The number of carbonyl (C=O) groups excluding carboxylic acids is 1. The summed E-state index contributed by atoms with van der Waals surface area (Å²) in [7, 11) is 0. The molecule has 0 unspecified atom stereocenters. The van der Waals surface area contributed by atoms with E-state index in [1.807, 2.05) is 24.3 Å². The lowest BCUT2D eigenvalue weighted by Gasteiger charge is -2.07. The van der Waals surface area contributed by atoms with Gasteiger partial charge in [-0.05, 0) is 48.7 Å². The summed E-state index contributed by atoms with van der Waals surface area (Å²) in [6.45, 7) is 1.04. The van der Waals surface area contributed by atoms with Crippen LogP contribution in [0.5, 0.6) is 0 Å². The number of benzene rings is 2. The standard InChI is InChI=1S/C20H20ClN3O/c21-15-7-5-14(6-8-15)12-20(25)22-16-9-10-18-17(13-16)23-19-4-2-1-3-11-24(18)19/h5-10,13H,1-4,11-12H2,(H,22,25). The molecule has 4 rings (SSSR count). The van der Waals surface area contributed by atoms with Gasteiger partial charge in [0.25, 0.3) is 0 Å². The SMILES string of the molecule is O=C(Cc1ccc(Cl)cc1)Nc1ccc2c(c1)nc1n2CCCCC1. The second kappa shape index (κ2) is 6.89. The van der Waals surface area contributed by atoms with Gasteiger partial charge in [-0.3, -0.25) is 4.79 Å². The average molecular weight is 354 g/mol. The van der Waals surface area contributed by atoms with Crippen molar-refractivity contribution in [2.45, 2.75) is 38.6 Å². The minimum atomic E-state index is -0.0394. The quantitative estimate of drug-likeness (QED) is 0.748. The molecule has 0 spiro atoms. The normalized spacial score (nSPS) is 14.1. The molecule has 0 radical (unpaired) electrons. The fraction of sp³-hybridized carbons (Fsp3) is 0.300. The third kappa shape index (κ3) is 3.54. The topological polar surface area (TPSA) is 46.9 Å². The number of fused-ring (bicyclic) bond motifs is 3. The summed E-state index contributed by atoms with van der Waals surface area (Å²) in [5.41, 5.74) is 3.85. The predicted molar refractivity (Wildman–Crippen MR) is 101 cm³/mol. The van der Waals surface area contributed by atoms with E-state index in [0.717, 1.165) is 41.1 Å². The van der Waals surface area contributed by atoms with Crippen LogP contribution in [0.1, 0.15) is 30.7 Å². The van der Waals surface area contributed by atoms with E-state index in [1.54, 1.807) is 12.1 Å². The number of nitrogens with zero attached hydrogens (tertiary/aromatic N) is 2. The first-order chi connectivity index (χ1) is 12.2. The molecule has 1 aromatic heterocycles. The van der Waals surface area contributed by atoms with E-state index in [9.17, 15) is 4.79 Å². The lowest BCUT2D eigenvalue weighted by Crippen LogP contribution is -2.14. The molecule has 0 atom stereocenters. The van der Waals surface area contributed by atoms with Gasteiger partial charge in [0.2, 0.25) is 5.91 Å². The zero-order valence-electron chi connectivity index (χ0n) is 14.0. The van der Waals surface area contributed by atoms with Crippen molar-refractivity contribution in [3.8, 4) is 0 Å². The van der Waals surface area contributed by atoms with Gasteiger partial charge in [0, 0.05) is 23.7 Å². The lowest BCUT2D eigenvalue weighted by molar-refractivity contribution is -0.115. The maximum absolute atomic E-state index is 12.3. The number of carbonyl (C=O) groups is 1. The fourth-order valence-electron chi connectivity index (χ4n) is 3.42. The van der Waals surface area contributed by atoms with Crippen molar-refractivity contribution >= 4 is 34.2 Å². The number of amides is 1. The van der Waals surface area contributed by atoms with Crippen molar-refractivity contribution in [2.75, 3.05) is 5.32 Å². The van der Waals surface area contributed by atoms with Crippen molar-refractivity contribution in [3.05, 3.63) is 58.9 Å². The first-order valence-corrected chi connectivity index (χ1v) is 9.10.